The highest BCUT2D eigenvalue weighted by Crippen LogP contribution is 2.43. The average Bonchev–Trinajstić information content (AvgIpc) is 3.38. The van der Waals surface area contributed by atoms with E-state index in [9.17, 15) is 19.4 Å². The van der Waals surface area contributed by atoms with Crippen LogP contribution in [0.3, 0.4) is 0 Å². The van der Waals surface area contributed by atoms with Gasteiger partial charge in [-0.1, -0.05) is 292 Å². The van der Waals surface area contributed by atoms with Crippen LogP contribution < -0.4 is 5.32 Å². The molecule has 0 bridgehead atoms. The van der Waals surface area contributed by atoms with Crippen molar-refractivity contribution < 1.29 is 32.9 Å². The number of carbonyl (C=O) groups excluding carboxylic acids is 1. The molecular weight excluding hydrogens is 960 g/mol. The summed E-state index contributed by atoms with van der Waals surface area (Å²) in [5.41, 5.74) is 0. The van der Waals surface area contributed by atoms with E-state index in [0.29, 0.717) is 17.4 Å². The zero-order chi connectivity index (χ0) is 55.6. The van der Waals surface area contributed by atoms with E-state index in [0.717, 1.165) is 64.2 Å². The van der Waals surface area contributed by atoms with Crippen LogP contribution in [0.5, 0.6) is 0 Å². The number of quaternary nitrogens is 1. The predicted octanol–water partition coefficient (Wildman–Crippen LogP) is 20.2. The van der Waals surface area contributed by atoms with E-state index in [1.807, 2.05) is 27.2 Å². The van der Waals surface area contributed by atoms with Gasteiger partial charge in [0.15, 0.2) is 0 Å². The molecule has 0 aromatic carbocycles. The van der Waals surface area contributed by atoms with Crippen molar-refractivity contribution in [2.24, 2.45) is 0 Å². The fourth-order valence-electron chi connectivity index (χ4n) is 9.41. The van der Waals surface area contributed by atoms with E-state index >= 15 is 0 Å². The summed E-state index contributed by atoms with van der Waals surface area (Å²) in [7, 11) is 1.56. The summed E-state index contributed by atoms with van der Waals surface area (Å²) >= 11 is 0. The SMILES string of the molecule is CC/C=C\C/C=C\C/C=C\C/C=C\CCCCCCCCCCCCCCCCC(=O)NC(COP(=O)(O)OCC[N+](C)(C)C)C(O)/C=C/CC/C=C/CCCCCCCCCCCCCCCCCCCCCCC. The first-order valence-electron chi connectivity index (χ1n) is 32.3. The number of carbonyl (C=O) groups is 1. The first kappa shape index (κ1) is 73.9. The third-order valence-electron chi connectivity index (χ3n) is 14.4. The first-order valence-corrected chi connectivity index (χ1v) is 33.8. The number of hydrogen-bond donors (Lipinski definition) is 3. The molecule has 0 aliphatic heterocycles. The average molecular weight is 1090 g/mol. The lowest BCUT2D eigenvalue weighted by Crippen LogP contribution is -2.45. The van der Waals surface area contributed by atoms with Gasteiger partial charge in [0.25, 0.3) is 0 Å². The normalized spacial score (nSPS) is 14.2. The number of amides is 1. The summed E-state index contributed by atoms with van der Waals surface area (Å²) in [6, 6.07) is -0.868. The van der Waals surface area contributed by atoms with Crippen LogP contribution in [0, 0.1) is 0 Å². The highest BCUT2D eigenvalue weighted by Gasteiger charge is 2.27. The number of nitrogens with zero attached hydrogens (tertiary/aromatic N) is 1. The van der Waals surface area contributed by atoms with Gasteiger partial charge in [0.05, 0.1) is 39.9 Å². The smallest absolute Gasteiger partial charge is 0.387 e. The Balaban J connectivity index is 4.17. The summed E-state index contributed by atoms with van der Waals surface area (Å²) in [5, 5.41) is 14.0. The number of likely N-dealkylation sites (N-methyl/N-ethyl adjacent to an activating group) is 1. The molecule has 0 saturated heterocycles. The van der Waals surface area contributed by atoms with Gasteiger partial charge in [-0.25, -0.2) is 4.57 Å². The number of aliphatic hydroxyl groups is 1. The Kier molecular flexibility index (Phi) is 56.1. The molecule has 0 fully saturated rings. The maximum absolute atomic E-state index is 13.0. The molecule has 3 unspecified atom stereocenters. The van der Waals surface area contributed by atoms with Gasteiger partial charge in [-0.3, -0.25) is 13.8 Å². The fourth-order valence-corrected chi connectivity index (χ4v) is 10.1. The maximum atomic E-state index is 13.0. The molecule has 9 heteroatoms. The number of phosphoric acid groups is 1. The van der Waals surface area contributed by atoms with Crippen LogP contribution in [-0.4, -0.2) is 73.4 Å². The Morgan fingerprint density at radius 3 is 1.21 bits per heavy atom. The van der Waals surface area contributed by atoms with Gasteiger partial charge in [-0.2, -0.15) is 0 Å². The van der Waals surface area contributed by atoms with Gasteiger partial charge in [0.2, 0.25) is 5.91 Å². The van der Waals surface area contributed by atoms with Crippen LogP contribution in [0.25, 0.3) is 0 Å². The summed E-state index contributed by atoms with van der Waals surface area (Å²) in [6.07, 6.45) is 80.3. The molecule has 0 radical (unpaired) electrons. The second-order valence-corrected chi connectivity index (χ2v) is 24.6. The number of aliphatic hydroxyl groups excluding tert-OH is 1. The minimum Gasteiger partial charge on any atom is -0.387 e. The molecular formula is C67H126N2O6P+. The van der Waals surface area contributed by atoms with Crippen LogP contribution in [0.15, 0.2) is 72.9 Å². The summed E-state index contributed by atoms with van der Waals surface area (Å²) in [4.78, 5) is 23.4. The van der Waals surface area contributed by atoms with Gasteiger partial charge in [0.1, 0.15) is 13.2 Å². The van der Waals surface area contributed by atoms with Crippen molar-refractivity contribution in [3.63, 3.8) is 0 Å². The van der Waals surface area contributed by atoms with Gasteiger partial charge in [0, 0.05) is 6.42 Å². The number of hydrogen-bond acceptors (Lipinski definition) is 5. The second-order valence-electron chi connectivity index (χ2n) is 23.1. The molecule has 0 aliphatic rings. The fraction of sp³-hybridized carbons (Fsp3) is 0.806. The molecule has 1 amide bonds. The van der Waals surface area contributed by atoms with Crippen LogP contribution in [0.1, 0.15) is 296 Å². The molecule has 8 nitrogen and oxygen atoms in total. The zero-order valence-corrected chi connectivity index (χ0v) is 51.6. The molecule has 0 aromatic rings. The Labute approximate surface area is 472 Å². The monoisotopic (exact) mass is 1090 g/mol. The summed E-state index contributed by atoms with van der Waals surface area (Å²) in [5.74, 6) is -0.186. The van der Waals surface area contributed by atoms with E-state index in [-0.39, 0.29) is 19.1 Å². The molecule has 76 heavy (non-hydrogen) atoms. The van der Waals surface area contributed by atoms with Crippen molar-refractivity contribution >= 4 is 13.7 Å². The van der Waals surface area contributed by atoms with Crippen molar-refractivity contribution in [3.8, 4) is 0 Å². The third kappa shape index (κ3) is 59.6. The molecule has 0 aliphatic carbocycles. The van der Waals surface area contributed by atoms with Gasteiger partial charge in [-0.05, 0) is 70.6 Å². The summed E-state index contributed by atoms with van der Waals surface area (Å²) < 4.78 is 23.8. The standard InChI is InChI=1S/C67H125N2O6P/c1-6-8-10-12-14-16-18-20-22-24-26-28-30-32-34-36-38-40-42-44-46-48-50-52-54-56-58-60-66(70)65(64-75-76(72,73)74-63-62-69(3,4)5)68-67(71)61-59-57-55-53-51-49-47-45-43-41-39-37-35-33-31-29-27-25-23-21-19-17-15-13-11-9-7-2/h9,11,15,17,21,23,27,29,50,52,58,60,65-66,70H,6-8,10,12-14,16,18-20,22,24-26,28,30-49,51,53-57,59,61-64H2,1-5H3,(H-,68,71,72,73)/p+1/b11-9-,17-15-,23-21-,29-27-,52-50+,60-58+. The number of rotatable bonds is 59. The first-order chi connectivity index (χ1) is 37.0. The lowest BCUT2D eigenvalue weighted by molar-refractivity contribution is -0.870. The Hall–Kier alpha value is -2.06. The topological polar surface area (TPSA) is 105 Å². The molecule has 0 spiro atoms. The molecule has 3 N–H and O–H groups in total. The molecule has 0 rings (SSSR count). The quantitative estimate of drug-likeness (QED) is 0.0243. The van der Waals surface area contributed by atoms with E-state index in [1.54, 1.807) is 6.08 Å². The van der Waals surface area contributed by atoms with Crippen LogP contribution in [-0.2, 0) is 18.4 Å². The number of nitrogens with one attached hydrogen (secondary N) is 1. The Morgan fingerprint density at radius 2 is 0.803 bits per heavy atom. The molecule has 0 saturated carbocycles. The van der Waals surface area contributed by atoms with Crippen LogP contribution in [0.4, 0.5) is 0 Å². The van der Waals surface area contributed by atoms with Gasteiger partial charge in [-0.15, -0.1) is 0 Å². The highest BCUT2D eigenvalue weighted by molar-refractivity contribution is 7.47. The van der Waals surface area contributed by atoms with Crippen LogP contribution in [0.2, 0.25) is 0 Å². The predicted molar refractivity (Wildman–Crippen MR) is 332 cm³/mol. The second kappa shape index (κ2) is 57.6. The van der Waals surface area contributed by atoms with Crippen LogP contribution >= 0.6 is 7.82 Å². The Bertz CT molecular complexity index is 1470. The Morgan fingerprint density at radius 1 is 0.461 bits per heavy atom. The lowest BCUT2D eigenvalue weighted by Gasteiger charge is -2.25. The molecule has 444 valence electrons. The third-order valence-corrected chi connectivity index (χ3v) is 15.4. The van der Waals surface area contributed by atoms with Crippen molar-refractivity contribution in [3.05, 3.63) is 72.9 Å². The van der Waals surface area contributed by atoms with Crippen molar-refractivity contribution in [1.29, 1.82) is 0 Å². The van der Waals surface area contributed by atoms with E-state index < -0.39 is 20.0 Å². The van der Waals surface area contributed by atoms with E-state index in [4.69, 9.17) is 9.05 Å². The van der Waals surface area contributed by atoms with Crippen molar-refractivity contribution in [2.75, 3.05) is 40.9 Å². The highest BCUT2D eigenvalue weighted by atomic mass is 31.2. The molecule has 3 atom stereocenters. The van der Waals surface area contributed by atoms with E-state index in [1.165, 1.54) is 212 Å². The lowest BCUT2D eigenvalue weighted by atomic mass is 10.0. The minimum atomic E-state index is -4.36. The molecule has 0 aromatic heterocycles. The van der Waals surface area contributed by atoms with Gasteiger partial charge < -0.3 is 19.8 Å². The summed E-state index contributed by atoms with van der Waals surface area (Å²) in [6.45, 7) is 4.72. The largest absolute Gasteiger partial charge is 0.472 e. The number of phosphoric ester groups is 1. The van der Waals surface area contributed by atoms with Crippen molar-refractivity contribution in [2.45, 2.75) is 309 Å². The molecule has 0 heterocycles. The number of allylic oxidation sites excluding steroid dienone is 11. The van der Waals surface area contributed by atoms with E-state index in [2.05, 4.69) is 79.9 Å². The number of unbranched alkanes of at least 4 members (excludes halogenated alkanes) is 36. The van der Waals surface area contributed by atoms with Crippen molar-refractivity contribution in [1.82, 2.24) is 5.32 Å². The minimum absolute atomic E-state index is 0.0544. The maximum Gasteiger partial charge on any atom is 0.472 e. The van der Waals surface area contributed by atoms with Gasteiger partial charge >= 0.3 is 7.82 Å². The zero-order valence-electron chi connectivity index (χ0n) is 50.7.